The summed E-state index contributed by atoms with van der Waals surface area (Å²) >= 11 is 0. The Morgan fingerprint density at radius 1 is 1.80 bits per heavy atom. The van der Waals surface area contributed by atoms with Gasteiger partial charge in [0.25, 0.3) is 0 Å². The number of hydrogen-bond acceptors (Lipinski definition) is 2. The highest BCUT2D eigenvalue weighted by Crippen LogP contribution is 1.93. The van der Waals surface area contributed by atoms with Gasteiger partial charge in [-0.1, -0.05) is 0 Å². The van der Waals surface area contributed by atoms with Crippen LogP contribution in [0.4, 0.5) is 0 Å². The van der Waals surface area contributed by atoms with Gasteiger partial charge in [0.15, 0.2) is 0 Å². The molecule has 0 atom stereocenters. The molecule has 1 rings (SSSR count). The maximum Gasteiger partial charge on any atom is 0.0924 e. The lowest BCUT2D eigenvalue weighted by atomic mass is 10.5. The van der Waals surface area contributed by atoms with E-state index < -0.39 is 0 Å². The maximum absolute atomic E-state index is 4.98. The number of nitrogens with one attached hydrogen (secondary N) is 1. The summed E-state index contributed by atoms with van der Waals surface area (Å²) in [5.74, 6) is 0. The largest absolute Gasteiger partial charge is 0.501 e. The molecule has 0 radical (unpaired) electrons. The van der Waals surface area contributed by atoms with Crippen LogP contribution in [-0.4, -0.2) is 16.6 Å². The van der Waals surface area contributed by atoms with Gasteiger partial charge >= 0.3 is 0 Å². The Labute approximate surface area is 59.7 Å². The molecule has 1 aromatic rings. The molecular weight excluding hydrogens is 128 g/mol. The number of nitrogens with zero attached hydrogens (tertiary/aromatic N) is 1. The molecule has 0 unspecified atom stereocenters. The Morgan fingerprint density at radius 3 is 3.30 bits per heavy atom. The predicted molar refractivity (Wildman–Crippen MR) is 39.2 cm³/mol. The number of H-pyrrole nitrogens is 1. The summed E-state index contributed by atoms with van der Waals surface area (Å²) in [5.41, 5.74) is 0.952. The first-order chi connectivity index (χ1) is 4.93. The molecule has 0 fully saturated rings. The number of imidazole rings is 1. The summed E-state index contributed by atoms with van der Waals surface area (Å²) in [7, 11) is 0. The number of hydrogen-bond donors (Lipinski definition) is 1. The van der Waals surface area contributed by atoms with Gasteiger partial charge in [-0.3, -0.25) is 0 Å². The summed E-state index contributed by atoms with van der Waals surface area (Å²) in [5, 5.41) is 0. The smallest absolute Gasteiger partial charge is 0.0924 e. The Kier molecular flexibility index (Phi) is 2.55. The molecule has 0 amide bonds. The molecule has 1 N–H and O–H groups in total. The zero-order valence-electron chi connectivity index (χ0n) is 5.87. The van der Waals surface area contributed by atoms with Crippen LogP contribution in [0.25, 0.3) is 6.08 Å². The fourth-order valence-corrected chi connectivity index (χ4v) is 0.575. The third kappa shape index (κ3) is 1.93. The lowest BCUT2D eigenvalue weighted by molar-refractivity contribution is 0.272. The average Bonchev–Trinajstić information content (AvgIpc) is 2.41. The molecule has 10 heavy (non-hydrogen) atoms. The minimum absolute atomic E-state index is 0.699. The lowest BCUT2D eigenvalue weighted by Crippen LogP contribution is -1.76. The SMILES string of the molecule is CCOC=Cc1cnc[nH]1. The first-order valence-corrected chi connectivity index (χ1v) is 3.20. The third-order valence-electron chi connectivity index (χ3n) is 1.03. The molecule has 54 valence electrons. The minimum atomic E-state index is 0.699. The van der Waals surface area contributed by atoms with E-state index in [0.717, 1.165) is 5.69 Å². The van der Waals surface area contributed by atoms with Crippen molar-refractivity contribution in [2.75, 3.05) is 6.61 Å². The molecule has 0 spiro atoms. The van der Waals surface area contributed by atoms with Crippen molar-refractivity contribution in [3.05, 3.63) is 24.5 Å². The first kappa shape index (κ1) is 6.86. The van der Waals surface area contributed by atoms with Crippen LogP contribution in [0, 0.1) is 0 Å². The third-order valence-corrected chi connectivity index (χ3v) is 1.03. The van der Waals surface area contributed by atoms with Gasteiger partial charge in [-0.05, 0) is 13.0 Å². The molecule has 0 aliphatic heterocycles. The second-order valence-electron chi connectivity index (χ2n) is 1.77. The van der Waals surface area contributed by atoms with Crippen LogP contribution in [0.2, 0.25) is 0 Å². The summed E-state index contributed by atoms with van der Waals surface area (Å²) in [6, 6.07) is 0. The van der Waals surface area contributed by atoms with E-state index in [-0.39, 0.29) is 0 Å². The van der Waals surface area contributed by atoms with Crippen molar-refractivity contribution in [1.29, 1.82) is 0 Å². The van der Waals surface area contributed by atoms with Crippen LogP contribution in [0.1, 0.15) is 12.6 Å². The standard InChI is InChI=1S/C7H10N2O/c1-2-10-4-3-7-5-8-6-9-7/h3-6H,2H2,1H3,(H,8,9). The number of rotatable bonds is 3. The highest BCUT2D eigenvalue weighted by Gasteiger charge is 1.82. The predicted octanol–water partition coefficient (Wildman–Crippen LogP) is 1.42. The van der Waals surface area contributed by atoms with E-state index >= 15 is 0 Å². The quantitative estimate of drug-likeness (QED) is 0.641. The molecule has 0 aromatic carbocycles. The molecule has 0 bridgehead atoms. The van der Waals surface area contributed by atoms with E-state index in [1.165, 1.54) is 0 Å². The number of aromatic amines is 1. The van der Waals surface area contributed by atoms with Crippen molar-refractivity contribution in [1.82, 2.24) is 9.97 Å². The molecule has 1 aromatic heterocycles. The van der Waals surface area contributed by atoms with Gasteiger partial charge < -0.3 is 9.72 Å². The summed E-state index contributed by atoms with van der Waals surface area (Å²) in [6.45, 7) is 2.64. The molecule has 0 saturated heterocycles. The van der Waals surface area contributed by atoms with Crippen LogP contribution in [0.5, 0.6) is 0 Å². The molecule has 3 nitrogen and oxygen atoms in total. The Morgan fingerprint density at radius 2 is 2.70 bits per heavy atom. The highest BCUT2D eigenvalue weighted by molar-refractivity contribution is 5.40. The second-order valence-corrected chi connectivity index (χ2v) is 1.77. The van der Waals surface area contributed by atoms with E-state index in [9.17, 15) is 0 Å². The van der Waals surface area contributed by atoms with Gasteiger partial charge in [0.05, 0.1) is 31.1 Å². The van der Waals surface area contributed by atoms with Gasteiger partial charge in [0.1, 0.15) is 0 Å². The summed E-state index contributed by atoms with van der Waals surface area (Å²) < 4.78 is 4.98. The molecular formula is C7H10N2O. The first-order valence-electron chi connectivity index (χ1n) is 3.20. The van der Waals surface area contributed by atoms with Crippen LogP contribution in [0.15, 0.2) is 18.8 Å². The van der Waals surface area contributed by atoms with E-state index in [4.69, 9.17) is 4.74 Å². The number of ether oxygens (including phenoxy) is 1. The Balaban J connectivity index is 2.40. The van der Waals surface area contributed by atoms with Gasteiger partial charge in [0.2, 0.25) is 0 Å². The maximum atomic E-state index is 4.98. The van der Waals surface area contributed by atoms with Crippen LogP contribution in [-0.2, 0) is 4.74 Å². The lowest BCUT2D eigenvalue weighted by Gasteiger charge is -1.89. The topological polar surface area (TPSA) is 37.9 Å². The van der Waals surface area contributed by atoms with Gasteiger partial charge in [-0.25, -0.2) is 4.98 Å². The van der Waals surface area contributed by atoms with E-state index in [0.29, 0.717) is 6.61 Å². The van der Waals surface area contributed by atoms with Crippen molar-refractivity contribution < 1.29 is 4.74 Å². The monoisotopic (exact) mass is 138 g/mol. The van der Waals surface area contributed by atoms with Crippen LogP contribution in [0.3, 0.4) is 0 Å². The van der Waals surface area contributed by atoms with Crippen LogP contribution < -0.4 is 0 Å². The van der Waals surface area contributed by atoms with Crippen LogP contribution >= 0.6 is 0 Å². The van der Waals surface area contributed by atoms with Crippen molar-refractivity contribution in [2.45, 2.75) is 6.92 Å². The van der Waals surface area contributed by atoms with E-state index in [2.05, 4.69) is 9.97 Å². The molecule has 0 aliphatic rings. The van der Waals surface area contributed by atoms with Gasteiger partial charge in [-0.15, -0.1) is 0 Å². The number of aromatic nitrogens is 2. The van der Waals surface area contributed by atoms with E-state index in [1.807, 2.05) is 13.0 Å². The van der Waals surface area contributed by atoms with Crippen molar-refractivity contribution >= 4 is 6.08 Å². The molecule has 0 aliphatic carbocycles. The molecule has 1 heterocycles. The van der Waals surface area contributed by atoms with Gasteiger partial charge in [0, 0.05) is 0 Å². The van der Waals surface area contributed by atoms with Crippen molar-refractivity contribution in [3.8, 4) is 0 Å². The summed E-state index contributed by atoms with van der Waals surface area (Å²) in [4.78, 5) is 6.76. The van der Waals surface area contributed by atoms with E-state index in [1.54, 1.807) is 18.8 Å². The Bertz CT molecular complexity index is 191. The zero-order valence-corrected chi connectivity index (χ0v) is 5.87. The molecule has 0 saturated carbocycles. The average molecular weight is 138 g/mol. The Hall–Kier alpha value is -1.25. The minimum Gasteiger partial charge on any atom is -0.501 e. The van der Waals surface area contributed by atoms with Crippen molar-refractivity contribution in [3.63, 3.8) is 0 Å². The fraction of sp³-hybridized carbons (Fsp3) is 0.286. The highest BCUT2D eigenvalue weighted by atomic mass is 16.5. The summed E-state index contributed by atoms with van der Waals surface area (Å²) in [6.07, 6.45) is 6.84. The van der Waals surface area contributed by atoms with Gasteiger partial charge in [-0.2, -0.15) is 0 Å². The molecule has 3 heteroatoms. The normalized spacial score (nSPS) is 10.5. The van der Waals surface area contributed by atoms with Crippen molar-refractivity contribution in [2.24, 2.45) is 0 Å². The fourth-order valence-electron chi connectivity index (χ4n) is 0.575. The second kappa shape index (κ2) is 3.71. The zero-order chi connectivity index (χ0) is 7.23.